The molecule has 0 fully saturated rings. The molecule has 1 atom stereocenters. The number of aliphatic hydroxyl groups excluding tert-OH is 1. The van der Waals surface area contributed by atoms with Crippen LogP contribution in [0.15, 0.2) is 23.8 Å². The summed E-state index contributed by atoms with van der Waals surface area (Å²) in [4.78, 5) is 0. The Balaban J connectivity index is 2.23. The van der Waals surface area contributed by atoms with Crippen molar-refractivity contribution in [3.63, 3.8) is 0 Å². The summed E-state index contributed by atoms with van der Waals surface area (Å²) >= 11 is 3.89. The Kier molecular flexibility index (Phi) is 3.42. The molecule has 0 amide bonds. The number of rotatable bonds is 3. The van der Waals surface area contributed by atoms with Gasteiger partial charge in [-0.1, -0.05) is 0 Å². The second-order valence-corrected chi connectivity index (χ2v) is 6.02. The van der Waals surface area contributed by atoms with E-state index in [-0.39, 0.29) is 0 Å². The maximum atomic E-state index is 10.1. The third-order valence-corrected chi connectivity index (χ3v) is 4.00. The number of aromatic nitrogens is 2. The third-order valence-electron chi connectivity index (χ3n) is 2.20. The van der Waals surface area contributed by atoms with Crippen LogP contribution in [0.2, 0.25) is 0 Å². The Morgan fingerprint density at radius 2 is 2.40 bits per heavy atom. The lowest BCUT2D eigenvalue weighted by atomic mass is 10.1. The van der Waals surface area contributed by atoms with Crippen LogP contribution in [-0.4, -0.2) is 14.9 Å². The van der Waals surface area contributed by atoms with Crippen molar-refractivity contribution in [3.8, 4) is 0 Å². The van der Waals surface area contributed by atoms with E-state index in [0.717, 1.165) is 17.7 Å². The molecule has 0 aliphatic carbocycles. The molecule has 0 bridgehead atoms. The molecule has 0 saturated heterocycles. The molecule has 2 heterocycles. The number of aliphatic hydroxyl groups is 1. The van der Waals surface area contributed by atoms with Crippen molar-refractivity contribution in [2.24, 2.45) is 0 Å². The standard InChI is InChI=1S/C10H11IN2OS/c1-2-13-5-8(4-12-13)10(14)7-3-9(11)15-6-7/h3-6,10,14H,2H2,1H3. The average molecular weight is 334 g/mol. The van der Waals surface area contributed by atoms with Crippen molar-refractivity contribution in [2.45, 2.75) is 19.6 Å². The lowest BCUT2D eigenvalue weighted by Crippen LogP contribution is -1.97. The largest absolute Gasteiger partial charge is 0.384 e. The summed E-state index contributed by atoms with van der Waals surface area (Å²) < 4.78 is 3.00. The molecule has 0 aliphatic heterocycles. The molecule has 3 nitrogen and oxygen atoms in total. The highest BCUT2D eigenvalue weighted by molar-refractivity contribution is 14.1. The van der Waals surface area contributed by atoms with E-state index in [0.29, 0.717) is 0 Å². The molecule has 2 aromatic heterocycles. The number of hydrogen-bond donors (Lipinski definition) is 1. The molecule has 1 unspecified atom stereocenters. The quantitative estimate of drug-likeness (QED) is 0.877. The van der Waals surface area contributed by atoms with Gasteiger partial charge in [0.2, 0.25) is 0 Å². The van der Waals surface area contributed by atoms with Crippen molar-refractivity contribution in [2.75, 3.05) is 0 Å². The first kappa shape index (κ1) is 11.1. The van der Waals surface area contributed by atoms with Crippen LogP contribution < -0.4 is 0 Å². The summed E-state index contributed by atoms with van der Waals surface area (Å²) in [7, 11) is 0. The molecule has 2 rings (SSSR count). The van der Waals surface area contributed by atoms with E-state index in [1.54, 1.807) is 17.5 Å². The highest BCUT2D eigenvalue weighted by Crippen LogP contribution is 2.26. The maximum Gasteiger partial charge on any atom is 0.108 e. The molecular formula is C10H11IN2OS. The van der Waals surface area contributed by atoms with Crippen LogP contribution in [0.25, 0.3) is 0 Å². The normalized spacial score (nSPS) is 13.0. The smallest absolute Gasteiger partial charge is 0.108 e. The van der Waals surface area contributed by atoms with Crippen molar-refractivity contribution < 1.29 is 5.11 Å². The molecular weight excluding hydrogens is 323 g/mol. The lowest BCUT2D eigenvalue weighted by molar-refractivity contribution is 0.220. The minimum atomic E-state index is -0.551. The van der Waals surface area contributed by atoms with E-state index >= 15 is 0 Å². The number of hydrogen-bond acceptors (Lipinski definition) is 3. The van der Waals surface area contributed by atoms with Gasteiger partial charge in [-0.3, -0.25) is 4.68 Å². The first-order chi connectivity index (χ1) is 7.20. The molecule has 15 heavy (non-hydrogen) atoms. The van der Waals surface area contributed by atoms with E-state index in [1.165, 1.54) is 2.88 Å². The van der Waals surface area contributed by atoms with Gasteiger partial charge in [0.15, 0.2) is 0 Å². The van der Waals surface area contributed by atoms with E-state index < -0.39 is 6.10 Å². The van der Waals surface area contributed by atoms with Crippen molar-refractivity contribution in [1.29, 1.82) is 0 Å². The van der Waals surface area contributed by atoms with Gasteiger partial charge in [0.05, 0.1) is 9.08 Å². The van der Waals surface area contributed by atoms with Crippen LogP contribution in [0.1, 0.15) is 24.2 Å². The molecule has 2 aromatic rings. The van der Waals surface area contributed by atoms with Gasteiger partial charge in [0.25, 0.3) is 0 Å². The van der Waals surface area contributed by atoms with Crippen LogP contribution >= 0.6 is 33.9 Å². The zero-order chi connectivity index (χ0) is 10.8. The molecule has 0 saturated carbocycles. The topological polar surface area (TPSA) is 38.0 Å². The van der Waals surface area contributed by atoms with Crippen LogP contribution in [0.5, 0.6) is 0 Å². The maximum absolute atomic E-state index is 10.1. The Morgan fingerprint density at radius 3 is 2.93 bits per heavy atom. The zero-order valence-electron chi connectivity index (χ0n) is 8.22. The first-order valence-corrected chi connectivity index (χ1v) is 6.61. The highest BCUT2D eigenvalue weighted by atomic mass is 127. The summed E-state index contributed by atoms with van der Waals surface area (Å²) in [5.41, 5.74) is 1.80. The molecule has 5 heteroatoms. The number of halogens is 1. The van der Waals surface area contributed by atoms with E-state index in [9.17, 15) is 5.11 Å². The number of thiophene rings is 1. The monoisotopic (exact) mass is 334 g/mol. The lowest BCUT2D eigenvalue weighted by Gasteiger charge is -2.04. The average Bonchev–Trinajstić information content (AvgIpc) is 2.84. The van der Waals surface area contributed by atoms with E-state index in [1.807, 2.05) is 29.2 Å². The fourth-order valence-electron chi connectivity index (χ4n) is 1.35. The molecule has 1 N–H and O–H groups in total. The summed E-state index contributed by atoms with van der Waals surface area (Å²) in [6.07, 6.45) is 3.05. The Morgan fingerprint density at radius 1 is 1.60 bits per heavy atom. The van der Waals surface area contributed by atoms with Crippen LogP contribution in [0, 0.1) is 2.88 Å². The predicted molar refractivity (Wildman–Crippen MR) is 69.0 cm³/mol. The van der Waals surface area contributed by atoms with Crippen molar-refractivity contribution >= 4 is 33.9 Å². The van der Waals surface area contributed by atoms with Gasteiger partial charge in [-0.2, -0.15) is 5.10 Å². The Hall–Kier alpha value is -0.400. The van der Waals surface area contributed by atoms with Crippen LogP contribution in [0.3, 0.4) is 0 Å². The fourth-order valence-corrected chi connectivity index (χ4v) is 2.74. The van der Waals surface area contributed by atoms with Gasteiger partial charge in [0, 0.05) is 18.3 Å². The molecule has 0 radical (unpaired) electrons. The number of aryl methyl sites for hydroxylation is 1. The van der Waals surface area contributed by atoms with Gasteiger partial charge < -0.3 is 5.11 Å². The zero-order valence-corrected chi connectivity index (χ0v) is 11.2. The second kappa shape index (κ2) is 4.63. The van der Waals surface area contributed by atoms with Crippen molar-refractivity contribution in [3.05, 3.63) is 37.9 Å². The molecule has 0 aromatic carbocycles. The van der Waals surface area contributed by atoms with Crippen molar-refractivity contribution in [1.82, 2.24) is 9.78 Å². The van der Waals surface area contributed by atoms with Gasteiger partial charge in [0.1, 0.15) is 6.10 Å². The second-order valence-electron chi connectivity index (χ2n) is 3.22. The van der Waals surface area contributed by atoms with Crippen LogP contribution in [0.4, 0.5) is 0 Å². The van der Waals surface area contributed by atoms with Gasteiger partial charge in [-0.15, -0.1) is 11.3 Å². The highest BCUT2D eigenvalue weighted by Gasteiger charge is 2.13. The summed E-state index contributed by atoms with van der Waals surface area (Å²) in [5.74, 6) is 0. The van der Waals surface area contributed by atoms with Gasteiger partial charge in [-0.05, 0) is 46.5 Å². The van der Waals surface area contributed by atoms with Gasteiger partial charge in [-0.25, -0.2) is 0 Å². The molecule has 80 valence electrons. The SMILES string of the molecule is CCn1cc(C(O)c2csc(I)c2)cn1. The number of nitrogens with zero attached hydrogens (tertiary/aromatic N) is 2. The molecule has 0 spiro atoms. The first-order valence-electron chi connectivity index (χ1n) is 4.65. The van der Waals surface area contributed by atoms with E-state index in [4.69, 9.17) is 0 Å². The summed E-state index contributed by atoms with van der Waals surface area (Å²) in [6, 6.07) is 2.00. The minimum Gasteiger partial charge on any atom is -0.384 e. The summed E-state index contributed by atoms with van der Waals surface area (Å²) in [6.45, 7) is 2.85. The fraction of sp³-hybridized carbons (Fsp3) is 0.300. The molecule has 0 aliphatic rings. The van der Waals surface area contributed by atoms with Gasteiger partial charge >= 0.3 is 0 Å². The third kappa shape index (κ3) is 2.40. The Labute approximate surface area is 106 Å². The van der Waals surface area contributed by atoms with E-state index in [2.05, 4.69) is 27.7 Å². The predicted octanol–water partition coefficient (Wildman–Crippen LogP) is 2.65. The van der Waals surface area contributed by atoms with Crippen LogP contribution in [-0.2, 0) is 6.54 Å². The minimum absolute atomic E-state index is 0.551. The Bertz CT molecular complexity index is 452. The summed E-state index contributed by atoms with van der Waals surface area (Å²) in [5, 5.41) is 16.2.